The van der Waals surface area contributed by atoms with E-state index in [0.717, 1.165) is 28.4 Å². The van der Waals surface area contributed by atoms with Crippen LogP contribution in [0, 0.1) is 18.8 Å². The summed E-state index contributed by atoms with van der Waals surface area (Å²) in [6.07, 6.45) is 3.72. The molecule has 4 heteroatoms. The molecule has 3 N–H and O–H groups in total. The smallest absolute Gasteiger partial charge is 0.127 e. The molecule has 1 aromatic carbocycles. The molecule has 2 aliphatic carbocycles. The first-order valence-corrected chi connectivity index (χ1v) is 8.11. The largest absolute Gasteiger partial charge is 0.497 e. The fourth-order valence-electron chi connectivity index (χ4n) is 4.33. The Morgan fingerprint density at radius 3 is 2.82 bits per heavy atom. The van der Waals surface area contributed by atoms with E-state index in [1.165, 1.54) is 24.8 Å². The molecule has 4 rings (SSSR count). The van der Waals surface area contributed by atoms with Crippen LogP contribution in [0.3, 0.4) is 0 Å². The van der Waals surface area contributed by atoms with Crippen molar-refractivity contribution in [1.29, 1.82) is 0 Å². The minimum Gasteiger partial charge on any atom is -0.497 e. The third-order valence-electron chi connectivity index (χ3n) is 5.42. The van der Waals surface area contributed by atoms with Gasteiger partial charge in [0.25, 0.3) is 0 Å². The van der Waals surface area contributed by atoms with Crippen LogP contribution in [-0.2, 0) is 0 Å². The van der Waals surface area contributed by atoms with Gasteiger partial charge in [0.1, 0.15) is 11.6 Å². The van der Waals surface area contributed by atoms with Crippen LogP contribution in [-0.4, -0.2) is 24.2 Å². The van der Waals surface area contributed by atoms with Crippen molar-refractivity contribution in [2.45, 2.75) is 38.3 Å². The summed E-state index contributed by atoms with van der Waals surface area (Å²) in [6, 6.07) is 9.03. The molecular formula is C18H23N3O. The van der Waals surface area contributed by atoms with E-state index in [1.807, 2.05) is 12.1 Å². The van der Waals surface area contributed by atoms with Gasteiger partial charge in [0, 0.05) is 17.5 Å². The maximum atomic E-state index is 6.24. The van der Waals surface area contributed by atoms with Crippen molar-refractivity contribution in [3.63, 3.8) is 0 Å². The van der Waals surface area contributed by atoms with E-state index in [1.54, 1.807) is 7.11 Å². The van der Waals surface area contributed by atoms with Gasteiger partial charge in [0.05, 0.1) is 12.6 Å². The van der Waals surface area contributed by atoms with Gasteiger partial charge in [-0.2, -0.15) is 0 Å². The highest BCUT2D eigenvalue weighted by atomic mass is 16.5. The number of hydrogen-bond acceptors (Lipinski definition) is 4. The van der Waals surface area contributed by atoms with Crippen molar-refractivity contribution in [3.05, 3.63) is 29.8 Å². The number of aromatic nitrogens is 1. The second kappa shape index (κ2) is 5.13. The van der Waals surface area contributed by atoms with E-state index < -0.39 is 0 Å². The minimum atomic E-state index is 0.363. The number of benzene rings is 1. The van der Waals surface area contributed by atoms with Gasteiger partial charge in [0.2, 0.25) is 0 Å². The lowest BCUT2D eigenvalue weighted by atomic mass is 9.91. The summed E-state index contributed by atoms with van der Waals surface area (Å²) in [4.78, 5) is 4.78. The molecule has 22 heavy (non-hydrogen) atoms. The second-order valence-corrected chi connectivity index (χ2v) is 6.86. The first-order chi connectivity index (χ1) is 10.6. The van der Waals surface area contributed by atoms with Crippen molar-refractivity contribution in [1.82, 2.24) is 4.98 Å². The summed E-state index contributed by atoms with van der Waals surface area (Å²) >= 11 is 0. The van der Waals surface area contributed by atoms with E-state index in [4.69, 9.17) is 15.5 Å². The van der Waals surface area contributed by atoms with Crippen molar-refractivity contribution in [2.75, 3.05) is 12.4 Å². The summed E-state index contributed by atoms with van der Waals surface area (Å²) in [7, 11) is 1.69. The Kier molecular flexibility index (Phi) is 3.22. The molecule has 0 saturated heterocycles. The van der Waals surface area contributed by atoms with Gasteiger partial charge in [-0.25, -0.2) is 4.98 Å². The highest BCUT2D eigenvalue weighted by Gasteiger charge is 2.44. The average molecular weight is 297 g/mol. The number of pyridine rings is 1. The van der Waals surface area contributed by atoms with E-state index >= 15 is 0 Å². The molecular weight excluding hydrogens is 274 g/mol. The number of nitrogens with two attached hydrogens (primary N) is 1. The molecule has 0 unspecified atom stereocenters. The number of ether oxygens (including phenoxy) is 1. The zero-order valence-corrected chi connectivity index (χ0v) is 13.2. The fourth-order valence-corrected chi connectivity index (χ4v) is 4.33. The Morgan fingerprint density at radius 2 is 2.09 bits per heavy atom. The molecule has 4 nitrogen and oxygen atoms in total. The monoisotopic (exact) mass is 297 g/mol. The summed E-state index contributed by atoms with van der Waals surface area (Å²) in [5.74, 6) is 3.26. The summed E-state index contributed by atoms with van der Waals surface area (Å²) in [6.45, 7) is 2.13. The molecule has 1 aromatic heterocycles. The molecule has 0 aliphatic heterocycles. The van der Waals surface area contributed by atoms with E-state index in [2.05, 4.69) is 24.4 Å². The lowest BCUT2D eigenvalue weighted by Crippen LogP contribution is -2.39. The van der Waals surface area contributed by atoms with Crippen LogP contribution in [0.2, 0.25) is 0 Å². The van der Waals surface area contributed by atoms with Gasteiger partial charge < -0.3 is 15.8 Å². The highest BCUT2D eigenvalue weighted by molar-refractivity contribution is 5.85. The van der Waals surface area contributed by atoms with Crippen LogP contribution in [0.4, 0.5) is 5.82 Å². The topological polar surface area (TPSA) is 60.2 Å². The summed E-state index contributed by atoms with van der Waals surface area (Å²) < 4.78 is 5.30. The molecule has 2 aromatic rings. The Balaban J connectivity index is 1.63. The zero-order valence-electron chi connectivity index (χ0n) is 13.2. The maximum absolute atomic E-state index is 6.24. The first kappa shape index (κ1) is 13.8. The van der Waals surface area contributed by atoms with E-state index in [-0.39, 0.29) is 0 Å². The van der Waals surface area contributed by atoms with Gasteiger partial charge in [-0.1, -0.05) is 0 Å². The third kappa shape index (κ3) is 2.22. The number of nitrogens with one attached hydrogen (secondary N) is 1. The van der Waals surface area contributed by atoms with Gasteiger partial charge in [-0.15, -0.1) is 0 Å². The number of hydrogen-bond donors (Lipinski definition) is 2. The van der Waals surface area contributed by atoms with E-state index in [0.29, 0.717) is 18.0 Å². The van der Waals surface area contributed by atoms with E-state index in [9.17, 15) is 0 Å². The van der Waals surface area contributed by atoms with Gasteiger partial charge in [-0.05, 0) is 67.9 Å². The molecule has 0 amide bonds. The summed E-state index contributed by atoms with van der Waals surface area (Å²) in [5.41, 5.74) is 8.47. The Hall–Kier alpha value is -1.81. The number of aryl methyl sites for hydroxylation is 1. The van der Waals surface area contributed by atoms with Gasteiger partial charge in [0.15, 0.2) is 0 Å². The second-order valence-electron chi connectivity index (χ2n) is 6.86. The predicted molar refractivity (Wildman–Crippen MR) is 89.2 cm³/mol. The molecule has 2 aliphatic rings. The number of rotatable bonds is 3. The van der Waals surface area contributed by atoms with Crippen molar-refractivity contribution < 1.29 is 4.74 Å². The Morgan fingerprint density at radius 1 is 1.23 bits per heavy atom. The molecule has 0 radical (unpaired) electrons. The first-order valence-electron chi connectivity index (χ1n) is 8.11. The van der Waals surface area contributed by atoms with Crippen LogP contribution < -0.4 is 15.8 Å². The minimum absolute atomic E-state index is 0.363. The van der Waals surface area contributed by atoms with Crippen LogP contribution >= 0.6 is 0 Å². The van der Waals surface area contributed by atoms with Crippen molar-refractivity contribution in [2.24, 2.45) is 17.6 Å². The Bertz CT molecular complexity index is 715. The maximum Gasteiger partial charge on any atom is 0.127 e. The normalized spacial score (nSPS) is 30.0. The Labute approximate surface area is 131 Å². The van der Waals surface area contributed by atoms with Crippen LogP contribution in [0.1, 0.15) is 24.8 Å². The standard InChI is InChI=1S/C18H23N3O/c1-10-5-18(20-16-4-3-12(22-2)9-13(10)16)21-17-8-11-6-14(17)15(19)7-11/h3-5,9,11,14-15,17H,6-8,19H2,1-2H3,(H,20,21)/t11-,14+,15+,17+/m1/s1. The molecule has 2 fully saturated rings. The van der Waals surface area contributed by atoms with Gasteiger partial charge in [-0.3, -0.25) is 0 Å². The molecule has 116 valence electrons. The van der Waals surface area contributed by atoms with Crippen LogP contribution in [0.15, 0.2) is 24.3 Å². The molecule has 4 atom stereocenters. The summed E-state index contributed by atoms with van der Waals surface area (Å²) in [5, 5.41) is 4.79. The van der Waals surface area contributed by atoms with Crippen LogP contribution in [0.5, 0.6) is 5.75 Å². The zero-order chi connectivity index (χ0) is 15.3. The average Bonchev–Trinajstić information content (AvgIpc) is 3.05. The lowest BCUT2D eigenvalue weighted by molar-refractivity contribution is 0.385. The number of anilines is 1. The molecule has 2 saturated carbocycles. The van der Waals surface area contributed by atoms with Crippen LogP contribution in [0.25, 0.3) is 10.9 Å². The highest BCUT2D eigenvalue weighted by Crippen LogP contribution is 2.45. The van der Waals surface area contributed by atoms with Gasteiger partial charge >= 0.3 is 0 Å². The molecule has 2 bridgehead atoms. The number of fused-ring (bicyclic) bond motifs is 3. The third-order valence-corrected chi connectivity index (χ3v) is 5.42. The number of nitrogens with zero attached hydrogens (tertiary/aromatic N) is 1. The molecule has 0 spiro atoms. The van der Waals surface area contributed by atoms with Crippen molar-refractivity contribution in [3.8, 4) is 5.75 Å². The molecule has 1 heterocycles. The fraction of sp³-hybridized carbons (Fsp3) is 0.500. The predicted octanol–water partition coefficient (Wildman–Crippen LogP) is 3.09. The van der Waals surface area contributed by atoms with Crippen molar-refractivity contribution >= 4 is 16.7 Å². The SMILES string of the molecule is COc1ccc2nc(N[C@H]3C[C@@H]4C[C@H]3[C@@H](N)C4)cc(C)c2c1. The quantitative estimate of drug-likeness (QED) is 0.914. The lowest BCUT2D eigenvalue weighted by Gasteiger charge is -2.28. The number of methoxy groups -OCH3 is 1.